The minimum absolute atomic E-state index is 0.0157. The molecule has 0 saturated carbocycles. The molecule has 1 unspecified atom stereocenters. The van der Waals surface area contributed by atoms with E-state index in [1.807, 2.05) is 5.43 Å². The summed E-state index contributed by atoms with van der Waals surface area (Å²) in [5.74, 6) is 3.79. The van der Waals surface area contributed by atoms with Crippen molar-refractivity contribution in [2.75, 3.05) is 32.2 Å². The van der Waals surface area contributed by atoms with Crippen LogP contribution in [-0.2, 0) is 30.2 Å². The second-order valence-electron chi connectivity index (χ2n) is 9.32. The highest BCUT2D eigenvalue weighted by Gasteiger charge is 2.54. The Morgan fingerprint density at radius 2 is 1.86 bits per heavy atom. The number of nitrogens with one attached hydrogen (secondary N) is 2. The molecule has 2 aliphatic heterocycles. The summed E-state index contributed by atoms with van der Waals surface area (Å²) in [6, 6.07) is 5.74. The number of imidazole rings is 1. The maximum Gasteiger partial charge on any atom is 0.338 e. The topological polar surface area (TPSA) is 237 Å². The number of hydrazine groups is 1. The molecule has 4 heterocycles. The van der Waals surface area contributed by atoms with E-state index in [0.29, 0.717) is 0 Å². The van der Waals surface area contributed by atoms with Gasteiger partial charge in [-0.1, -0.05) is 6.08 Å². The molecule has 42 heavy (non-hydrogen) atoms. The number of aliphatic hydroxyl groups is 1. The summed E-state index contributed by atoms with van der Waals surface area (Å²) in [7, 11) is 0. The number of hydrogen-bond donors (Lipinski definition) is 5. The van der Waals surface area contributed by atoms with Crippen LogP contribution in [0.25, 0.3) is 11.2 Å². The van der Waals surface area contributed by atoms with E-state index in [9.17, 15) is 24.3 Å². The Morgan fingerprint density at radius 3 is 2.55 bits per heavy atom. The third-order valence-corrected chi connectivity index (χ3v) is 6.71. The first kappa shape index (κ1) is 29.1. The lowest BCUT2D eigenvalue weighted by molar-refractivity contribution is -0.171. The van der Waals surface area contributed by atoms with Crippen molar-refractivity contribution in [3.63, 3.8) is 0 Å². The normalized spacial score (nSPS) is 23.1. The zero-order valence-electron chi connectivity index (χ0n) is 22.1. The molecule has 7 N–H and O–H groups in total. The Hall–Kier alpha value is -4.39. The molecule has 224 valence electrons. The number of rotatable bonds is 11. The average molecular weight is 588 g/mol. The number of anilines is 1. The van der Waals surface area contributed by atoms with E-state index in [1.54, 1.807) is 0 Å². The van der Waals surface area contributed by atoms with Gasteiger partial charge in [0.15, 0.2) is 23.7 Å². The molecule has 1 amide bonds. The third kappa shape index (κ3) is 5.43. The van der Waals surface area contributed by atoms with Crippen LogP contribution in [0.5, 0.6) is 0 Å². The number of hydrogen-bond acceptors (Lipinski definition) is 13. The van der Waals surface area contributed by atoms with Gasteiger partial charge in [0.2, 0.25) is 5.95 Å². The van der Waals surface area contributed by atoms with Gasteiger partial charge in [0.25, 0.3) is 11.5 Å². The van der Waals surface area contributed by atoms with Crippen LogP contribution in [0.3, 0.4) is 0 Å². The molecule has 3 aromatic rings. The monoisotopic (exact) mass is 587 g/mol. The van der Waals surface area contributed by atoms with E-state index in [-0.39, 0.29) is 54.6 Å². The number of aliphatic hydroxyl groups excluding tert-OH is 1. The number of aromatic nitrogens is 4. The van der Waals surface area contributed by atoms with Crippen molar-refractivity contribution < 1.29 is 38.4 Å². The summed E-state index contributed by atoms with van der Waals surface area (Å²) in [5, 5.41) is 9.91. The van der Waals surface area contributed by atoms with Gasteiger partial charge < -0.3 is 34.5 Å². The predicted octanol–water partition coefficient (Wildman–Crippen LogP) is -1.87. The molecule has 1 aromatic carbocycles. The molecule has 2 aliphatic rings. The van der Waals surface area contributed by atoms with Crippen molar-refractivity contribution >= 4 is 29.0 Å². The van der Waals surface area contributed by atoms with Crippen LogP contribution >= 0.6 is 0 Å². The summed E-state index contributed by atoms with van der Waals surface area (Å²) in [6.07, 6.45) is -3.02. The van der Waals surface area contributed by atoms with E-state index in [4.69, 9.17) is 35.3 Å². The SMILES string of the molecule is C=CCn1c(=O)n([C@@H]2O[C@H](CO)[C@H]3OC(COCCOC(=O)c4ccc(C(=O)NN)cc4)O[C@H]32)c2nc(N)[nH]c(=O)c21. The highest BCUT2D eigenvalue weighted by molar-refractivity contribution is 5.95. The van der Waals surface area contributed by atoms with Crippen molar-refractivity contribution in [2.24, 2.45) is 5.84 Å². The molecule has 0 spiro atoms. The van der Waals surface area contributed by atoms with E-state index >= 15 is 0 Å². The highest BCUT2D eigenvalue weighted by atomic mass is 16.8. The molecule has 17 nitrogen and oxygen atoms in total. The lowest BCUT2D eigenvalue weighted by Crippen LogP contribution is -2.34. The van der Waals surface area contributed by atoms with Crippen molar-refractivity contribution in [3.8, 4) is 0 Å². The number of carbonyl (C=O) groups excluding carboxylic acids is 2. The average Bonchev–Trinajstić information content (AvgIpc) is 3.62. The van der Waals surface area contributed by atoms with Crippen molar-refractivity contribution in [1.29, 1.82) is 0 Å². The molecule has 0 aliphatic carbocycles. The summed E-state index contributed by atoms with van der Waals surface area (Å²) in [4.78, 5) is 56.3. The zero-order chi connectivity index (χ0) is 30.0. The van der Waals surface area contributed by atoms with E-state index in [0.717, 1.165) is 4.57 Å². The Balaban J connectivity index is 1.21. The fraction of sp³-hybridized carbons (Fsp3) is 0.400. The number of nitrogens with two attached hydrogens (primary N) is 2. The number of carbonyl (C=O) groups is 2. The zero-order valence-corrected chi connectivity index (χ0v) is 22.1. The van der Waals surface area contributed by atoms with Gasteiger partial charge in [-0.2, -0.15) is 4.98 Å². The number of benzene rings is 1. The number of aromatic amines is 1. The maximum atomic E-state index is 13.4. The summed E-state index contributed by atoms with van der Waals surface area (Å²) in [5.41, 5.74) is 7.00. The molecule has 17 heteroatoms. The first-order valence-corrected chi connectivity index (χ1v) is 12.8. The van der Waals surface area contributed by atoms with Crippen molar-refractivity contribution in [1.82, 2.24) is 24.5 Å². The van der Waals surface area contributed by atoms with Crippen LogP contribution in [0, 0.1) is 0 Å². The number of ether oxygens (including phenoxy) is 5. The van der Waals surface area contributed by atoms with Crippen molar-refractivity contribution in [2.45, 2.75) is 37.4 Å². The van der Waals surface area contributed by atoms with Crippen molar-refractivity contribution in [3.05, 3.63) is 68.9 Å². The van der Waals surface area contributed by atoms with Gasteiger partial charge in [-0.3, -0.25) is 24.6 Å². The molecule has 5 rings (SSSR count). The number of amides is 1. The first-order chi connectivity index (χ1) is 20.3. The Bertz CT molecular complexity index is 1600. The Kier molecular flexibility index (Phi) is 8.48. The largest absolute Gasteiger partial charge is 0.460 e. The molecular formula is C25H29N7O10. The minimum atomic E-state index is -1.10. The summed E-state index contributed by atoms with van der Waals surface area (Å²) < 4.78 is 30.9. The molecular weight excluding hydrogens is 558 g/mol. The smallest absolute Gasteiger partial charge is 0.338 e. The standard InChI is InChI=1S/C25H29N7O10/c1-2-7-31-16-19(28-24(26)29-21(16)35)32(25(31)37)22-18-17(14(10-33)40-22)41-15(42-18)11-38-8-9-39-23(36)13-5-3-12(4-6-13)20(34)30-27/h2-6,14-15,17-18,22,33H,1,7-11,27H2,(H,30,34)(H3,26,28,29,35)/t14-,15?,17-,18-,22-/m1/s1. The van der Waals surface area contributed by atoms with Gasteiger partial charge in [0.05, 0.1) is 25.4 Å². The van der Waals surface area contributed by atoms with E-state index in [1.165, 1.54) is 34.9 Å². The summed E-state index contributed by atoms with van der Waals surface area (Å²) >= 11 is 0. The second-order valence-corrected chi connectivity index (χ2v) is 9.32. The molecule has 2 fully saturated rings. The Morgan fingerprint density at radius 1 is 1.14 bits per heavy atom. The molecule has 0 radical (unpaired) electrons. The van der Waals surface area contributed by atoms with E-state index < -0.39 is 60.6 Å². The fourth-order valence-corrected chi connectivity index (χ4v) is 4.86. The van der Waals surface area contributed by atoms with Crippen LogP contribution in [0.1, 0.15) is 26.9 Å². The van der Waals surface area contributed by atoms with Gasteiger partial charge in [0, 0.05) is 12.1 Å². The van der Waals surface area contributed by atoms with Gasteiger partial charge in [-0.05, 0) is 24.3 Å². The minimum Gasteiger partial charge on any atom is -0.460 e. The molecule has 0 bridgehead atoms. The predicted molar refractivity (Wildman–Crippen MR) is 143 cm³/mol. The lowest BCUT2D eigenvalue weighted by Gasteiger charge is -2.20. The highest BCUT2D eigenvalue weighted by Crippen LogP contribution is 2.39. The van der Waals surface area contributed by atoms with Gasteiger partial charge in [-0.15, -0.1) is 6.58 Å². The van der Waals surface area contributed by atoms with Crippen LogP contribution in [0.4, 0.5) is 5.95 Å². The summed E-state index contributed by atoms with van der Waals surface area (Å²) in [6.45, 7) is 3.10. The number of allylic oxidation sites excluding steroid dienone is 1. The quantitative estimate of drug-likeness (QED) is 0.0413. The van der Waals surface area contributed by atoms with Crippen LogP contribution in [0.15, 0.2) is 46.5 Å². The molecule has 5 atom stereocenters. The van der Waals surface area contributed by atoms with Crippen LogP contribution < -0.4 is 28.3 Å². The number of H-pyrrole nitrogens is 1. The van der Waals surface area contributed by atoms with Crippen LogP contribution in [0.2, 0.25) is 0 Å². The number of nitrogens with zero attached hydrogens (tertiary/aromatic N) is 3. The first-order valence-electron chi connectivity index (χ1n) is 12.8. The number of esters is 1. The Labute approximate surface area is 236 Å². The number of nitrogen functional groups attached to an aromatic ring is 2. The number of fused-ring (bicyclic) bond motifs is 2. The van der Waals surface area contributed by atoms with Gasteiger partial charge in [-0.25, -0.2) is 20.0 Å². The molecule has 2 aromatic heterocycles. The molecule has 2 saturated heterocycles. The lowest BCUT2D eigenvalue weighted by atomic mass is 10.1. The fourth-order valence-electron chi connectivity index (χ4n) is 4.86. The van der Waals surface area contributed by atoms with Crippen LogP contribution in [-0.4, -0.2) is 87.1 Å². The van der Waals surface area contributed by atoms with E-state index in [2.05, 4.69) is 16.5 Å². The van der Waals surface area contributed by atoms with Gasteiger partial charge >= 0.3 is 11.7 Å². The van der Waals surface area contributed by atoms with Gasteiger partial charge in [0.1, 0.15) is 24.9 Å². The second kappa shape index (κ2) is 12.2. The maximum absolute atomic E-state index is 13.4. The third-order valence-electron chi connectivity index (χ3n) is 6.71.